The fourth-order valence-electron chi connectivity index (χ4n) is 5.02. The maximum absolute atomic E-state index is 12.5. The van der Waals surface area contributed by atoms with Gasteiger partial charge in [-0.15, -0.1) is 0 Å². The van der Waals surface area contributed by atoms with Crippen LogP contribution in [0.2, 0.25) is 0 Å². The number of piperidine rings is 1. The molecule has 2 heterocycles. The number of aryl methyl sites for hydroxylation is 2. The molecule has 1 amide bonds. The van der Waals surface area contributed by atoms with Crippen molar-refractivity contribution in [3.63, 3.8) is 0 Å². The lowest BCUT2D eigenvalue weighted by atomic mass is 9.89. The molecule has 0 atom stereocenters. The van der Waals surface area contributed by atoms with Crippen molar-refractivity contribution < 1.29 is 4.79 Å². The molecule has 1 saturated heterocycles. The van der Waals surface area contributed by atoms with Crippen LogP contribution in [0.4, 0.5) is 0 Å². The molecule has 2 aliphatic carbocycles. The van der Waals surface area contributed by atoms with Crippen molar-refractivity contribution in [3.05, 3.63) is 27.7 Å². The van der Waals surface area contributed by atoms with Gasteiger partial charge in [-0.1, -0.05) is 0 Å². The van der Waals surface area contributed by atoms with Gasteiger partial charge < -0.3 is 10.2 Å². The maximum Gasteiger partial charge on any atom is 0.267 e. The number of nitrogens with one attached hydrogen (secondary N) is 1. The molecule has 1 saturated carbocycles. The minimum absolute atomic E-state index is 0.0867. The fraction of sp³-hybridized carbons (Fsp3) is 0.762. The number of aromatic nitrogens is 2. The van der Waals surface area contributed by atoms with Gasteiger partial charge in [-0.05, 0) is 69.8 Å². The van der Waals surface area contributed by atoms with Crippen LogP contribution in [0.5, 0.6) is 0 Å². The van der Waals surface area contributed by atoms with Gasteiger partial charge in [0.25, 0.3) is 5.56 Å². The molecule has 0 radical (unpaired) electrons. The highest BCUT2D eigenvalue weighted by molar-refractivity contribution is 5.73. The Morgan fingerprint density at radius 1 is 1.04 bits per heavy atom. The van der Waals surface area contributed by atoms with E-state index in [-0.39, 0.29) is 17.5 Å². The SMILES string of the molecule is CC(=O)N1CCC(NC2CCC(n3nc4c(cc3=O)CCCC4)CC2)CC1. The summed E-state index contributed by atoms with van der Waals surface area (Å²) < 4.78 is 1.78. The van der Waals surface area contributed by atoms with E-state index in [0.29, 0.717) is 12.1 Å². The lowest BCUT2D eigenvalue weighted by Crippen LogP contribution is -2.48. The topological polar surface area (TPSA) is 67.2 Å². The van der Waals surface area contributed by atoms with Crippen LogP contribution >= 0.6 is 0 Å². The number of amides is 1. The fourth-order valence-corrected chi connectivity index (χ4v) is 5.02. The number of rotatable bonds is 3. The Bertz CT molecular complexity index is 728. The Morgan fingerprint density at radius 2 is 1.70 bits per heavy atom. The number of hydrogen-bond donors (Lipinski definition) is 1. The highest BCUT2D eigenvalue weighted by Crippen LogP contribution is 2.28. The molecule has 1 aromatic heterocycles. The number of carbonyl (C=O) groups is 1. The van der Waals surface area contributed by atoms with Crippen molar-refractivity contribution in [2.24, 2.45) is 0 Å². The van der Waals surface area contributed by atoms with Crippen molar-refractivity contribution >= 4 is 5.91 Å². The first-order valence-corrected chi connectivity index (χ1v) is 10.7. The Kier molecular flexibility index (Phi) is 5.62. The van der Waals surface area contributed by atoms with E-state index >= 15 is 0 Å². The summed E-state index contributed by atoms with van der Waals surface area (Å²) in [4.78, 5) is 25.9. The van der Waals surface area contributed by atoms with Gasteiger partial charge in [0.2, 0.25) is 5.91 Å². The number of nitrogens with zero attached hydrogens (tertiary/aromatic N) is 3. The molecule has 6 heteroatoms. The highest BCUT2D eigenvalue weighted by atomic mass is 16.2. The standard InChI is InChI=1S/C21H32N4O2/c1-15(26)24-12-10-18(11-13-24)22-17-6-8-19(9-7-17)25-21(27)14-16-4-2-3-5-20(16)23-25/h14,17-19,22H,2-13H2,1H3. The number of fused-ring (bicyclic) bond motifs is 1. The van der Waals surface area contributed by atoms with Crippen molar-refractivity contribution in [3.8, 4) is 0 Å². The van der Waals surface area contributed by atoms with E-state index in [1.165, 1.54) is 18.4 Å². The third-order valence-corrected chi connectivity index (χ3v) is 6.69. The average Bonchev–Trinajstić information content (AvgIpc) is 2.68. The summed E-state index contributed by atoms with van der Waals surface area (Å²) in [5, 5.41) is 8.56. The van der Waals surface area contributed by atoms with Crippen LogP contribution in [0.1, 0.15) is 75.6 Å². The second-order valence-corrected chi connectivity index (χ2v) is 8.56. The predicted molar refractivity (Wildman–Crippen MR) is 105 cm³/mol. The molecule has 0 unspecified atom stereocenters. The van der Waals surface area contributed by atoms with Crippen LogP contribution in [0, 0.1) is 0 Å². The van der Waals surface area contributed by atoms with E-state index in [2.05, 4.69) is 5.32 Å². The molecular weight excluding hydrogens is 340 g/mol. The Morgan fingerprint density at radius 3 is 2.41 bits per heavy atom. The van der Waals surface area contributed by atoms with E-state index in [1.54, 1.807) is 11.6 Å². The second kappa shape index (κ2) is 8.13. The molecule has 148 valence electrons. The Labute approximate surface area is 161 Å². The van der Waals surface area contributed by atoms with Gasteiger partial charge in [0.15, 0.2) is 0 Å². The lowest BCUT2D eigenvalue weighted by Gasteiger charge is -2.36. The molecule has 4 rings (SSSR count). The van der Waals surface area contributed by atoms with Crippen molar-refractivity contribution in [1.29, 1.82) is 0 Å². The van der Waals surface area contributed by atoms with E-state index < -0.39 is 0 Å². The number of hydrogen-bond acceptors (Lipinski definition) is 4. The molecule has 6 nitrogen and oxygen atoms in total. The summed E-state index contributed by atoms with van der Waals surface area (Å²) >= 11 is 0. The van der Waals surface area contributed by atoms with Crippen LogP contribution in [-0.4, -0.2) is 45.8 Å². The minimum atomic E-state index is 0.0867. The molecule has 0 bridgehead atoms. The number of likely N-dealkylation sites (tertiary alicyclic amines) is 1. The first-order chi connectivity index (χ1) is 13.1. The molecule has 2 fully saturated rings. The smallest absolute Gasteiger partial charge is 0.267 e. The van der Waals surface area contributed by atoms with E-state index in [9.17, 15) is 9.59 Å². The van der Waals surface area contributed by atoms with Gasteiger partial charge in [-0.3, -0.25) is 9.59 Å². The largest absolute Gasteiger partial charge is 0.343 e. The summed E-state index contributed by atoms with van der Waals surface area (Å²) in [5.41, 5.74) is 2.41. The minimum Gasteiger partial charge on any atom is -0.343 e. The number of carbonyl (C=O) groups excluding carboxylic acids is 1. The Balaban J connectivity index is 1.31. The first kappa shape index (κ1) is 18.7. The van der Waals surface area contributed by atoms with Gasteiger partial charge in [-0.2, -0.15) is 5.10 Å². The zero-order valence-electron chi connectivity index (χ0n) is 16.5. The van der Waals surface area contributed by atoms with Gasteiger partial charge in [0.1, 0.15) is 0 Å². The molecule has 1 aliphatic heterocycles. The zero-order valence-corrected chi connectivity index (χ0v) is 16.5. The molecule has 27 heavy (non-hydrogen) atoms. The molecular formula is C21H32N4O2. The van der Waals surface area contributed by atoms with Gasteiger partial charge in [-0.25, -0.2) is 4.68 Å². The molecule has 1 aromatic rings. The van der Waals surface area contributed by atoms with Crippen LogP contribution in [-0.2, 0) is 17.6 Å². The van der Waals surface area contributed by atoms with Crippen LogP contribution in [0.3, 0.4) is 0 Å². The first-order valence-electron chi connectivity index (χ1n) is 10.7. The van der Waals surface area contributed by atoms with Crippen LogP contribution in [0.25, 0.3) is 0 Å². The summed E-state index contributed by atoms with van der Waals surface area (Å²) in [6, 6.07) is 3.15. The zero-order chi connectivity index (χ0) is 18.8. The van der Waals surface area contributed by atoms with Crippen molar-refractivity contribution in [1.82, 2.24) is 20.0 Å². The van der Waals surface area contributed by atoms with Crippen LogP contribution < -0.4 is 10.9 Å². The normalized spacial score (nSPS) is 26.6. The van der Waals surface area contributed by atoms with Gasteiger partial charge in [0, 0.05) is 38.2 Å². The summed E-state index contributed by atoms with van der Waals surface area (Å²) in [7, 11) is 0. The van der Waals surface area contributed by atoms with Gasteiger partial charge in [0.05, 0.1) is 11.7 Å². The van der Waals surface area contributed by atoms with E-state index in [4.69, 9.17) is 5.10 Å². The molecule has 0 spiro atoms. The third kappa shape index (κ3) is 4.26. The summed E-state index contributed by atoms with van der Waals surface area (Å²) in [6.45, 7) is 3.40. The molecule has 1 N–H and O–H groups in total. The molecule has 3 aliphatic rings. The van der Waals surface area contributed by atoms with E-state index in [0.717, 1.165) is 70.2 Å². The monoisotopic (exact) mass is 372 g/mol. The lowest BCUT2D eigenvalue weighted by molar-refractivity contribution is -0.129. The quantitative estimate of drug-likeness (QED) is 0.883. The second-order valence-electron chi connectivity index (χ2n) is 8.56. The maximum atomic E-state index is 12.5. The Hall–Kier alpha value is -1.69. The third-order valence-electron chi connectivity index (χ3n) is 6.69. The van der Waals surface area contributed by atoms with Gasteiger partial charge >= 0.3 is 0 Å². The molecule has 0 aromatic carbocycles. The highest BCUT2D eigenvalue weighted by Gasteiger charge is 2.28. The van der Waals surface area contributed by atoms with Crippen molar-refractivity contribution in [2.45, 2.75) is 89.3 Å². The van der Waals surface area contributed by atoms with Crippen LogP contribution in [0.15, 0.2) is 10.9 Å². The average molecular weight is 373 g/mol. The predicted octanol–water partition coefficient (Wildman–Crippen LogP) is 2.21. The van der Waals surface area contributed by atoms with E-state index in [1.807, 2.05) is 11.0 Å². The summed E-state index contributed by atoms with van der Waals surface area (Å²) in [6.07, 6.45) is 10.7. The van der Waals surface area contributed by atoms with Crippen molar-refractivity contribution in [2.75, 3.05) is 13.1 Å². The summed E-state index contributed by atoms with van der Waals surface area (Å²) in [5.74, 6) is 0.192.